The van der Waals surface area contributed by atoms with Crippen molar-refractivity contribution in [1.82, 2.24) is 0 Å². The third-order valence-corrected chi connectivity index (χ3v) is 6.43. The summed E-state index contributed by atoms with van der Waals surface area (Å²) in [5.74, 6) is -0.272. The largest absolute Gasteiger partial charge is 0.326 e. The monoisotopic (exact) mass is 386 g/mol. The molecule has 1 heterocycles. The summed E-state index contributed by atoms with van der Waals surface area (Å²) in [6.45, 7) is 0. The fourth-order valence-corrected chi connectivity index (χ4v) is 4.94. The van der Waals surface area contributed by atoms with Gasteiger partial charge >= 0.3 is 0 Å². The highest BCUT2D eigenvalue weighted by atomic mass is 32.2. The summed E-state index contributed by atoms with van der Waals surface area (Å²) in [5, 5.41) is 5.42. The van der Waals surface area contributed by atoms with Crippen LogP contribution in [-0.4, -0.2) is 17.1 Å². The highest BCUT2D eigenvalue weighted by Crippen LogP contribution is 2.38. The minimum absolute atomic E-state index is 0.122. The number of nitrogens with one attached hydrogen (secondary N) is 2. The van der Waals surface area contributed by atoms with E-state index < -0.39 is 5.25 Å². The molecule has 0 saturated heterocycles. The number of amides is 2. The minimum atomic E-state index is -0.423. The molecule has 5 rings (SSSR count). The van der Waals surface area contributed by atoms with Gasteiger partial charge in [-0.05, 0) is 52.9 Å². The molecule has 2 amide bonds. The third kappa shape index (κ3) is 3.08. The van der Waals surface area contributed by atoms with Crippen molar-refractivity contribution in [2.24, 2.45) is 0 Å². The van der Waals surface area contributed by atoms with Gasteiger partial charge in [0.25, 0.3) is 0 Å². The number of hydrogen-bond donors (Lipinski definition) is 2. The molecule has 0 radical (unpaired) electrons. The zero-order chi connectivity index (χ0) is 19.1. The minimum Gasteiger partial charge on any atom is -0.326 e. The first-order chi connectivity index (χ1) is 13.7. The molecule has 4 nitrogen and oxygen atoms in total. The van der Waals surface area contributed by atoms with Gasteiger partial charge in [0.2, 0.25) is 11.8 Å². The predicted molar refractivity (Wildman–Crippen MR) is 113 cm³/mol. The van der Waals surface area contributed by atoms with Gasteiger partial charge in [0, 0.05) is 17.0 Å². The van der Waals surface area contributed by atoms with Crippen LogP contribution in [0.3, 0.4) is 0 Å². The molecule has 0 bridgehead atoms. The lowest BCUT2D eigenvalue weighted by Crippen LogP contribution is -2.32. The van der Waals surface area contributed by atoms with Crippen LogP contribution in [0.4, 0.5) is 11.4 Å². The van der Waals surface area contributed by atoms with Crippen molar-refractivity contribution in [3.05, 3.63) is 77.9 Å². The van der Waals surface area contributed by atoms with Crippen LogP contribution in [0.25, 0.3) is 11.1 Å². The highest BCUT2D eigenvalue weighted by molar-refractivity contribution is 8.01. The fourth-order valence-electron chi connectivity index (χ4n) is 3.83. The van der Waals surface area contributed by atoms with Crippen LogP contribution < -0.4 is 10.6 Å². The van der Waals surface area contributed by atoms with E-state index in [1.807, 2.05) is 36.4 Å². The summed E-state index contributed by atoms with van der Waals surface area (Å²) < 4.78 is 0. The maximum Gasteiger partial charge on any atom is 0.238 e. The SMILES string of the molecule is O=C(CC1Sc2ccccc2NC1=O)Nc1ccc2c(c1)Cc1ccccc1-2. The Balaban J connectivity index is 1.28. The summed E-state index contributed by atoms with van der Waals surface area (Å²) in [6.07, 6.45) is 1.02. The standard InChI is InChI=1S/C23H18N2O2S/c26-22(13-21-23(27)25-19-7-3-4-8-20(19)28-21)24-16-9-10-18-15(12-16)11-14-5-1-2-6-17(14)18/h1-10,12,21H,11,13H2,(H,24,26)(H,25,27). The second kappa shape index (κ2) is 6.84. The molecule has 28 heavy (non-hydrogen) atoms. The lowest BCUT2D eigenvalue weighted by molar-refractivity contribution is -0.120. The summed E-state index contributed by atoms with van der Waals surface area (Å²) in [7, 11) is 0. The van der Waals surface area contributed by atoms with E-state index in [4.69, 9.17) is 0 Å². The van der Waals surface area contributed by atoms with Gasteiger partial charge in [0.1, 0.15) is 0 Å². The van der Waals surface area contributed by atoms with Gasteiger partial charge in [0.05, 0.1) is 10.9 Å². The number of carbonyl (C=O) groups is 2. The maximum absolute atomic E-state index is 12.6. The molecular weight excluding hydrogens is 368 g/mol. The fraction of sp³-hybridized carbons (Fsp3) is 0.130. The van der Waals surface area contributed by atoms with E-state index in [-0.39, 0.29) is 18.2 Å². The Labute approximate surface area is 167 Å². The number of fused-ring (bicyclic) bond motifs is 4. The smallest absolute Gasteiger partial charge is 0.238 e. The van der Waals surface area contributed by atoms with Crippen LogP contribution in [0, 0.1) is 0 Å². The molecule has 1 aliphatic carbocycles. The Morgan fingerprint density at radius 2 is 1.79 bits per heavy atom. The summed E-state index contributed by atoms with van der Waals surface area (Å²) >= 11 is 1.44. The van der Waals surface area contributed by atoms with Crippen molar-refractivity contribution in [1.29, 1.82) is 0 Å². The van der Waals surface area contributed by atoms with Gasteiger partial charge in [-0.15, -0.1) is 11.8 Å². The molecule has 5 heteroatoms. The van der Waals surface area contributed by atoms with E-state index in [2.05, 4.69) is 41.0 Å². The van der Waals surface area contributed by atoms with E-state index in [0.29, 0.717) is 0 Å². The molecule has 1 unspecified atom stereocenters. The Hall–Kier alpha value is -3.05. The Morgan fingerprint density at radius 1 is 1.00 bits per heavy atom. The lowest BCUT2D eigenvalue weighted by atomic mass is 10.1. The van der Waals surface area contributed by atoms with Gasteiger partial charge in [-0.1, -0.05) is 42.5 Å². The first kappa shape index (κ1) is 17.1. The average Bonchev–Trinajstić information content (AvgIpc) is 3.06. The zero-order valence-electron chi connectivity index (χ0n) is 15.1. The topological polar surface area (TPSA) is 58.2 Å². The van der Waals surface area contributed by atoms with E-state index in [1.54, 1.807) is 0 Å². The summed E-state index contributed by atoms with van der Waals surface area (Å²) in [4.78, 5) is 25.9. The first-order valence-electron chi connectivity index (χ1n) is 9.25. The molecule has 3 aromatic carbocycles. The molecule has 2 aliphatic rings. The van der Waals surface area contributed by atoms with Crippen molar-refractivity contribution in [2.75, 3.05) is 10.6 Å². The van der Waals surface area contributed by atoms with Gasteiger partial charge in [0.15, 0.2) is 0 Å². The van der Waals surface area contributed by atoms with Crippen molar-refractivity contribution >= 4 is 35.0 Å². The predicted octanol–water partition coefficient (Wildman–Crippen LogP) is 4.70. The second-order valence-corrected chi connectivity index (χ2v) is 8.29. The average molecular weight is 386 g/mol. The van der Waals surface area contributed by atoms with Crippen molar-refractivity contribution in [2.45, 2.75) is 23.0 Å². The van der Waals surface area contributed by atoms with Gasteiger partial charge in [-0.3, -0.25) is 9.59 Å². The Bertz CT molecular complexity index is 1110. The number of para-hydroxylation sites is 1. The van der Waals surface area contributed by atoms with Crippen LogP contribution >= 0.6 is 11.8 Å². The number of carbonyl (C=O) groups excluding carboxylic acids is 2. The van der Waals surface area contributed by atoms with E-state index >= 15 is 0 Å². The van der Waals surface area contributed by atoms with Crippen LogP contribution in [0.1, 0.15) is 17.5 Å². The van der Waals surface area contributed by atoms with E-state index in [9.17, 15) is 9.59 Å². The van der Waals surface area contributed by atoms with E-state index in [0.717, 1.165) is 22.7 Å². The van der Waals surface area contributed by atoms with Gasteiger partial charge in [-0.25, -0.2) is 0 Å². The molecule has 2 N–H and O–H groups in total. The van der Waals surface area contributed by atoms with Crippen molar-refractivity contribution in [3.8, 4) is 11.1 Å². The van der Waals surface area contributed by atoms with E-state index in [1.165, 1.54) is 34.0 Å². The van der Waals surface area contributed by atoms with Crippen LogP contribution in [-0.2, 0) is 16.0 Å². The van der Waals surface area contributed by atoms with Gasteiger partial charge in [-0.2, -0.15) is 0 Å². The normalized spacial score (nSPS) is 16.6. The molecule has 3 aromatic rings. The number of benzene rings is 3. The van der Waals surface area contributed by atoms with Crippen LogP contribution in [0.2, 0.25) is 0 Å². The number of thioether (sulfide) groups is 1. The summed E-state index contributed by atoms with van der Waals surface area (Å²) in [6, 6.07) is 22.1. The maximum atomic E-state index is 12.6. The van der Waals surface area contributed by atoms with Gasteiger partial charge < -0.3 is 10.6 Å². The molecule has 0 fully saturated rings. The molecule has 1 aliphatic heterocycles. The Morgan fingerprint density at radius 3 is 2.71 bits per heavy atom. The lowest BCUT2D eigenvalue weighted by Gasteiger charge is -2.23. The molecule has 1 atom stereocenters. The molecular formula is C23H18N2O2S. The van der Waals surface area contributed by atoms with Crippen LogP contribution in [0.15, 0.2) is 71.6 Å². The molecule has 0 aromatic heterocycles. The zero-order valence-corrected chi connectivity index (χ0v) is 15.9. The van der Waals surface area contributed by atoms with Crippen LogP contribution in [0.5, 0.6) is 0 Å². The second-order valence-electron chi connectivity index (χ2n) is 7.05. The number of anilines is 2. The first-order valence-corrected chi connectivity index (χ1v) is 10.1. The molecule has 138 valence electrons. The van der Waals surface area contributed by atoms with Crippen molar-refractivity contribution in [3.63, 3.8) is 0 Å². The summed E-state index contributed by atoms with van der Waals surface area (Å²) in [5.41, 5.74) is 6.62. The molecule has 0 saturated carbocycles. The number of hydrogen-bond acceptors (Lipinski definition) is 3. The molecule has 0 spiro atoms. The number of rotatable bonds is 3. The highest BCUT2D eigenvalue weighted by Gasteiger charge is 2.29. The Kier molecular flexibility index (Phi) is 4.17. The third-order valence-electron chi connectivity index (χ3n) is 5.15. The van der Waals surface area contributed by atoms with Crippen molar-refractivity contribution < 1.29 is 9.59 Å². The quantitative estimate of drug-likeness (QED) is 0.537.